The number of halogens is 1. The predicted octanol–water partition coefficient (Wildman–Crippen LogP) is 5.27. The summed E-state index contributed by atoms with van der Waals surface area (Å²) in [6.07, 6.45) is 6.50. The summed E-state index contributed by atoms with van der Waals surface area (Å²) in [5.74, 6) is -0.415. The van der Waals surface area contributed by atoms with Crippen LogP contribution in [-0.4, -0.2) is 21.5 Å². The lowest BCUT2D eigenvalue weighted by Gasteiger charge is -2.07. The summed E-state index contributed by atoms with van der Waals surface area (Å²) in [5, 5.41) is 7.39. The third-order valence-corrected chi connectivity index (χ3v) is 4.43. The zero-order valence-corrected chi connectivity index (χ0v) is 16.4. The summed E-state index contributed by atoms with van der Waals surface area (Å²) in [6.45, 7) is 4.00. The molecule has 0 spiro atoms. The van der Waals surface area contributed by atoms with E-state index < -0.39 is 0 Å². The topological polar surface area (TPSA) is 64.0 Å². The highest BCUT2D eigenvalue weighted by molar-refractivity contribution is 6.34. The monoisotopic (exact) mass is 393 g/mol. The van der Waals surface area contributed by atoms with Crippen molar-refractivity contribution in [1.82, 2.24) is 9.78 Å². The van der Waals surface area contributed by atoms with Crippen molar-refractivity contribution in [3.05, 3.63) is 88.7 Å². The number of nitrogens with one attached hydrogen (secondary N) is 1. The minimum Gasteiger partial charge on any atom is -0.322 e. The summed E-state index contributed by atoms with van der Waals surface area (Å²) in [4.78, 5) is 24.7. The minimum absolute atomic E-state index is 0.127. The Morgan fingerprint density at radius 3 is 2.64 bits per heavy atom. The van der Waals surface area contributed by atoms with Crippen LogP contribution in [0, 0.1) is 0 Å². The average Bonchev–Trinajstić information content (AvgIpc) is 3.17. The molecule has 0 fully saturated rings. The summed E-state index contributed by atoms with van der Waals surface area (Å²) < 4.78 is 1.74. The molecule has 3 aromatic rings. The predicted molar refractivity (Wildman–Crippen MR) is 112 cm³/mol. The maximum Gasteiger partial charge on any atom is 0.257 e. The molecule has 0 aliphatic heterocycles. The van der Waals surface area contributed by atoms with E-state index in [2.05, 4.69) is 10.4 Å². The summed E-state index contributed by atoms with van der Waals surface area (Å²) in [7, 11) is 0. The van der Waals surface area contributed by atoms with E-state index in [4.69, 9.17) is 11.6 Å². The van der Waals surface area contributed by atoms with Gasteiger partial charge in [-0.2, -0.15) is 5.10 Å². The fourth-order valence-corrected chi connectivity index (χ4v) is 2.80. The van der Waals surface area contributed by atoms with Crippen molar-refractivity contribution in [2.24, 2.45) is 0 Å². The van der Waals surface area contributed by atoms with E-state index in [1.165, 1.54) is 6.08 Å². The normalized spacial score (nSPS) is 11.1. The fourth-order valence-electron chi connectivity index (χ4n) is 2.58. The van der Waals surface area contributed by atoms with Crippen molar-refractivity contribution in [2.75, 3.05) is 5.32 Å². The summed E-state index contributed by atoms with van der Waals surface area (Å²) in [6, 6.07) is 14.3. The fraction of sp³-hybridized carbons (Fsp3) is 0.136. The van der Waals surface area contributed by atoms with Crippen molar-refractivity contribution in [1.29, 1.82) is 0 Å². The van der Waals surface area contributed by atoms with Crippen LogP contribution in [0.3, 0.4) is 0 Å². The molecule has 142 valence electrons. The third-order valence-electron chi connectivity index (χ3n) is 4.11. The Balaban J connectivity index is 1.70. The number of nitrogens with zero attached hydrogens (tertiary/aromatic N) is 2. The highest BCUT2D eigenvalue weighted by atomic mass is 35.5. The second-order valence-electron chi connectivity index (χ2n) is 6.56. The van der Waals surface area contributed by atoms with Gasteiger partial charge in [0.25, 0.3) is 5.91 Å². The zero-order valence-electron chi connectivity index (χ0n) is 15.6. The smallest absolute Gasteiger partial charge is 0.257 e. The zero-order chi connectivity index (χ0) is 20.1. The molecule has 1 heterocycles. The molecule has 1 N–H and O–H groups in total. The number of hydrogen-bond donors (Lipinski definition) is 1. The molecule has 3 rings (SSSR count). The number of hydrogen-bond acceptors (Lipinski definition) is 3. The van der Waals surface area contributed by atoms with Gasteiger partial charge in [0.05, 0.1) is 22.3 Å². The number of carbonyl (C=O) groups is 2. The highest BCUT2D eigenvalue weighted by Crippen LogP contribution is 2.18. The van der Waals surface area contributed by atoms with Crippen LogP contribution < -0.4 is 5.32 Å². The molecule has 0 saturated carbocycles. The van der Waals surface area contributed by atoms with Crippen LogP contribution in [0.25, 0.3) is 6.08 Å². The third kappa shape index (κ3) is 4.75. The van der Waals surface area contributed by atoms with Crippen molar-refractivity contribution >= 4 is 35.1 Å². The molecule has 0 aliphatic rings. The van der Waals surface area contributed by atoms with Crippen LogP contribution in [0.4, 0.5) is 5.69 Å². The number of carbonyl (C=O) groups excluding carboxylic acids is 2. The van der Waals surface area contributed by atoms with Gasteiger partial charge in [-0.1, -0.05) is 41.9 Å². The van der Waals surface area contributed by atoms with Crippen molar-refractivity contribution < 1.29 is 9.59 Å². The maximum absolute atomic E-state index is 12.4. The van der Waals surface area contributed by atoms with Gasteiger partial charge in [0.2, 0.25) is 0 Å². The molecule has 0 bridgehead atoms. The SMILES string of the molecule is CC(C)n1cc(C(=O)C=Cc2cccc(NC(=O)c3ccccc3Cl)c2)cn1. The minimum atomic E-state index is -0.288. The van der Waals surface area contributed by atoms with Gasteiger partial charge in [-0.15, -0.1) is 0 Å². The van der Waals surface area contributed by atoms with E-state index in [9.17, 15) is 9.59 Å². The Morgan fingerprint density at radius 1 is 1.14 bits per heavy atom. The molecule has 2 aromatic carbocycles. The van der Waals surface area contributed by atoms with Crippen LogP contribution in [0.2, 0.25) is 5.02 Å². The summed E-state index contributed by atoms with van der Waals surface area (Å²) in [5.41, 5.74) is 2.35. The molecule has 1 amide bonds. The molecule has 0 atom stereocenters. The number of amides is 1. The lowest BCUT2D eigenvalue weighted by atomic mass is 10.1. The Labute approximate surface area is 168 Å². The number of rotatable bonds is 6. The lowest BCUT2D eigenvalue weighted by Crippen LogP contribution is -2.12. The standard InChI is InChI=1S/C22H20ClN3O2/c1-15(2)26-14-17(13-24-26)21(27)11-10-16-6-5-7-18(12-16)25-22(28)19-8-3-4-9-20(19)23/h3-15H,1-2H3,(H,25,28). The lowest BCUT2D eigenvalue weighted by molar-refractivity contribution is 0.102. The van der Waals surface area contributed by atoms with Crippen LogP contribution >= 0.6 is 11.6 Å². The molecule has 28 heavy (non-hydrogen) atoms. The van der Waals surface area contributed by atoms with Crippen molar-refractivity contribution in [2.45, 2.75) is 19.9 Å². The maximum atomic E-state index is 12.4. The van der Waals surface area contributed by atoms with Gasteiger partial charge >= 0.3 is 0 Å². The first kappa shape index (κ1) is 19.6. The number of ketones is 1. The van der Waals surface area contributed by atoms with E-state index in [0.29, 0.717) is 21.8 Å². The van der Waals surface area contributed by atoms with Gasteiger partial charge in [-0.25, -0.2) is 0 Å². The van der Waals surface area contributed by atoms with Crippen LogP contribution in [-0.2, 0) is 0 Å². The molecule has 1 aromatic heterocycles. The first-order valence-corrected chi connectivity index (χ1v) is 9.24. The van der Waals surface area contributed by atoms with Crippen molar-refractivity contribution in [3.63, 3.8) is 0 Å². The Morgan fingerprint density at radius 2 is 1.93 bits per heavy atom. The van der Waals surface area contributed by atoms with Gasteiger partial charge < -0.3 is 5.32 Å². The number of anilines is 1. The van der Waals surface area contributed by atoms with Crippen LogP contribution in [0.15, 0.2) is 67.0 Å². The van der Waals surface area contributed by atoms with E-state index in [0.717, 1.165) is 5.56 Å². The molecular formula is C22H20ClN3O2. The van der Waals surface area contributed by atoms with Crippen molar-refractivity contribution in [3.8, 4) is 0 Å². The second-order valence-corrected chi connectivity index (χ2v) is 6.97. The first-order valence-electron chi connectivity index (χ1n) is 8.86. The van der Waals surface area contributed by atoms with E-state index in [-0.39, 0.29) is 17.7 Å². The Hall–Kier alpha value is -3.18. The van der Waals surface area contributed by atoms with Crippen LogP contribution in [0.5, 0.6) is 0 Å². The van der Waals surface area contributed by atoms with Gasteiger partial charge in [0.15, 0.2) is 5.78 Å². The van der Waals surface area contributed by atoms with Gasteiger partial charge in [0, 0.05) is 17.9 Å². The summed E-state index contributed by atoms with van der Waals surface area (Å²) >= 11 is 6.06. The highest BCUT2D eigenvalue weighted by Gasteiger charge is 2.10. The molecule has 6 heteroatoms. The molecule has 5 nitrogen and oxygen atoms in total. The second kappa shape index (κ2) is 8.67. The van der Waals surface area contributed by atoms with Crippen LogP contribution in [0.1, 0.15) is 46.2 Å². The van der Waals surface area contributed by atoms with Gasteiger partial charge in [-0.05, 0) is 49.8 Å². The number of aromatic nitrogens is 2. The first-order chi connectivity index (χ1) is 13.4. The van der Waals surface area contributed by atoms with E-state index in [1.807, 2.05) is 26.0 Å². The van der Waals surface area contributed by atoms with Gasteiger partial charge in [-0.3, -0.25) is 14.3 Å². The molecule has 0 saturated heterocycles. The number of benzene rings is 2. The average molecular weight is 394 g/mol. The van der Waals surface area contributed by atoms with E-state index >= 15 is 0 Å². The Bertz CT molecular complexity index is 1040. The van der Waals surface area contributed by atoms with Gasteiger partial charge in [0.1, 0.15) is 0 Å². The molecule has 0 aliphatic carbocycles. The number of allylic oxidation sites excluding steroid dienone is 1. The Kier molecular flexibility index (Phi) is 6.06. The quantitative estimate of drug-likeness (QED) is 0.458. The molecule has 0 unspecified atom stereocenters. The largest absolute Gasteiger partial charge is 0.322 e. The molecule has 0 radical (unpaired) electrons. The molecular weight excluding hydrogens is 374 g/mol. The van der Waals surface area contributed by atoms with E-state index in [1.54, 1.807) is 59.5 Å².